The molecule has 2 heteroatoms. The first-order valence-electron chi connectivity index (χ1n) is 6.55. The van der Waals surface area contributed by atoms with Gasteiger partial charge in [-0.15, -0.1) is 0 Å². The molecule has 0 atom stereocenters. The zero-order valence-corrected chi connectivity index (χ0v) is 11.6. The molecule has 1 nitrogen and oxygen atoms in total. The first kappa shape index (κ1) is 12.9. The second kappa shape index (κ2) is 5.41. The number of nitrogens with one attached hydrogen (secondary N) is 1. The van der Waals surface area contributed by atoms with Crippen LogP contribution in [0.25, 0.3) is 0 Å². The standard InChI is InChI=1S/C15H22ClN/c1-12-5-6-13(14(16)9-12)10-17-11-15(2)7-3-4-8-15/h5-6,9,17H,3-4,7-8,10-11H2,1-2H3. The minimum absolute atomic E-state index is 0.511. The Morgan fingerprint density at radius 3 is 2.65 bits per heavy atom. The summed E-state index contributed by atoms with van der Waals surface area (Å²) in [7, 11) is 0. The van der Waals surface area contributed by atoms with Crippen molar-refractivity contribution in [2.45, 2.75) is 46.1 Å². The lowest BCUT2D eigenvalue weighted by Gasteiger charge is -2.24. The van der Waals surface area contributed by atoms with Gasteiger partial charge < -0.3 is 5.32 Å². The van der Waals surface area contributed by atoms with Crippen molar-refractivity contribution in [1.29, 1.82) is 0 Å². The van der Waals surface area contributed by atoms with Crippen molar-refractivity contribution in [3.63, 3.8) is 0 Å². The van der Waals surface area contributed by atoms with Crippen LogP contribution in [0.2, 0.25) is 5.02 Å². The maximum Gasteiger partial charge on any atom is 0.0453 e. The van der Waals surface area contributed by atoms with E-state index in [-0.39, 0.29) is 0 Å². The summed E-state index contributed by atoms with van der Waals surface area (Å²) in [5.74, 6) is 0. The molecule has 0 amide bonds. The molecule has 0 aliphatic heterocycles. The van der Waals surface area contributed by atoms with E-state index >= 15 is 0 Å². The molecule has 1 aromatic rings. The van der Waals surface area contributed by atoms with Crippen molar-refractivity contribution >= 4 is 11.6 Å². The first-order chi connectivity index (χ1) is 8.09. The topological polar surface area (TPSA) is 12.0 Å². The fourth-order valence-corrected chi connectivity index (χ4v) is 3.00. The normalized spacial score (nSPS) is 18.5. The summed E-state index contributed by atoms with van der Waals surface area (Å²) in [5.41, 5.74) is 2.94. The molecule has 2 rings (SSSR count). The van der Waals surface area contributed by atoms with E-state index in [9.17, 15) is 0 Å². The van der Waals surface area contributed by atoms with Crippen LogP contribution in [0.4, 0.5) is 0 Å². The summed E-state index contributed by atoms with van der Waals surface area (Å²) >= 11 is 6.22. The fourth-order valence-electron chi connectivity index (χ4n) is 2.70. The van der Waals surface area contributed by atoms with Crippen LogP contribution in [0, 0.1) is 12.3 Å². The third-order valence-corrected chi connectivity index (χ3v) is 4.24. The lowest BCUT2D eigenvalue weighted by Crippen LogP contribution is -2.29. The highest BCUT2D eigenvalue weighted by Gasteiger charge is 2.27. The Labute approximate surface area is 110 Å². The second-order valence-corrected chi connectivity index (χ2v) is 6.12. The van der Waals surface area contributed by atoms with Gasteiger partial charge in [0, 0.05) is 18.1 Å². The molecule has 1 aliphatic carbocycles. The minimum atomic E-state index is 0.511. The molecule has 17 heavy (non-hydrogen) atoms. The van der Waals surface area contributed by atoms with Gasteiger partial charge in [-0.25, -0.2) is 0 Å². The predicted molar refractivity (Wildman–Crippen MR) is 74.5 cm³/mol. The number of halogens is 1. The smallest absolute Gasteiger partial charge is 0.0453 e. The zero-order valence-electron chi connectivity index (χ0n) is 10.9. The highest BCUT2D eigenvalue weighted by atomic mass is 35.5. The van der Waals surface area contributed by atoms with E-state index in [1.54, 1.807) is 0 Å². The lowest BCUT2D eigenvalue weighted by atomic mass is 9.89. The Kier molecular flexibility index (Phi) is 4.11. The highest BCUT2D eigenvalue weighted by Crippen LogP contribution is 2.36. The summed E-state index contributed by atoms with van der Waals surface area (Å²) < 4.78 is 0. The van der Waals surface area contributed by atoms with Crippen LogP contribution in [-0.2, 0) is 6.54 Å². The maximum atomic E-state index is 6.22. The molecule has 0 spiro atoms. The Balaban J connectivity index is 1.85. The van der Waals surface area contributed by atoms with Gasteiger partial charge in [-0.2, -0.15) is 0 Å². The zero-order chi connectivity index (χ0) is 12.3. The van der Waals surface area contributed by atoms with Gasteiger partial charge in [0.1, 0.15) is 0 Å². The first-order valence-corrected chi connectivity index (χ1v) is 6.93. The molecule has 0 radical (unpaired) electrons. The fraction of sp³-hybridized carbons (Fsp3) is 0.600. The molecule has 1 fully saturated rings. The van der Waals surface area contributed by atoms with Crippen molar-refractivity contribution < 1.29 is 0 Å². The Morgan fingerprint density at radius 2 is 2.00 bits per heavy atom. The molecule has 0 bridgehead atoms. The SMILES string of the molecule is Cc1ccc(CNCC2(C)CCCC2)c(Cl)c1. The van der Waals surface area contributed by atoms with E-state index in [0.717, 1.165) is 18.1 Å². The van der Waals surface area contributed by atoms with E-state index in [0.29, 0.717) is 5.41 Å². The molecule has 0 saturated heterocycles. The highest BCUT2D eigenvalue weighted by molar-refractivity contribution is 6.31. The molecular weight excluding hydrogens is 230 g/mol. The monoisotopic (exact) mass is 251 g/mol. The third kappa shape index (κ3) is 3.46. The van der Waals surface area contributed by atoms with Gasteiger partial charge in [0.15, 0.2) is 0 Å². The number of aryl methyl sites for hydroxylation is 1. The van der Waals surface area contributed by atoms with Crippen molar-refractivity contribution in [2.75, 3.05) is 6.54 Å². The number of hydrogen-bond donors (Lipinski definition) is 1. The summed E-state index contributed by atoms with van der Waals surface area (Å²) in [5, 5.41) is 4.44. The van der Waals surface area contributed by atoms with Gasteiger partial charge in [-0.05, 0) is 42.4 Å². The molecule has 0 heterocycles. The van der Waals surface area contributed by atoms with Crippen LogP contribution in [0.5, 0.6) is 0 Å². The Hall–Kier alpha value is -0.530. The number of rotatable bonds is 4. The van der Waals surface area contributed by atoms with E-state index in [1.165, 1.54) is 36.8 Å². The van der Waals surface area contributed by atoms with E-state index in [2.05, 4.69) is 31.3 Å². The largest absolute Gasteiger partial charge is 0.312 e. The second-order valence-electron chi connectivity index (χ2n) is 5.72. The Morgan fingerprint density at radius 1 is 1.29 bits per heavy atom. The van der Waals surface area contributed by atoms with Crippen molar-refractivity contribution in [3.05, 3.63) is 34.3 Å². The van der Waals surface area contributed by atoms with Gasteiger partial charge in [-0.3, -0.25) is 0 Å². The quantitative estimate of drug-likeness (QED) is 0.841. The lowest BCUT2D eigenvalue weighted by molar-refractivity contribution is 0.314. The molecular formula is C15H22ClN. The summed E-state index contributed by atoms with van der Waals surface area (Å²) in [4.78, 5) is 0. The molecule has 1 N–H and O–H groups in total. The van der Waals surface area contributed by atoms with E-state index in [1.807, 2.05) is 6.07 Å². The van der Waals surface area contributed by atoms with Crippen LogP contribution in [0.15, 0.2) is 18.2 Å². The summed E-state index contributed by atoms with van der Waals surface area (Å²) in [6, 6.07) is 6.29. The van der Waals surface area contributed by atoms with Crippen LogP contribution in [-0.4, -0.2) is 6.54 Å². The minimum Gasteiger partial charge on any atom is -0.312 e. The third-order valence-electron chi connectivity index (χ3n) is 3.89. The van der Waals surface area contributed by atoms with Gasteiger partial charge in [0.25, 0.3) is 0 Å². The summed E-state index contributed by atoms with van der Waals surface area (Å²) in [6.07, 6.45) is 5.51. The van der Waals surface area contributed by atoms with Crippen molar-refractivity contribution in [3.8, 4) is 0 Å². The van der Waals surface area contributed by atoms with Gasteiger partial charge in [0.2, 0.25) is 0 Å². The summed E-state index contributed by atoms with van der Waals surface area (Å²) in [6.45, 7) is 6.46. The average molecular weight is 252 g/mol. The van der Waals surface area contributed by atoms with Crippen molar-refractivity contribution in [2.24, 2.45) is 5.41 Å². The molecule has 0 aromatic heterocycles. The molecule has 0 unspecified atom stereocenters. The molecule has 1 aliphatic rings. The van der Waals surface area contributed by atoms with E-state index in [4.69, 9.17) is 11.6 Å². The molecule has 1 saturated carbocycles. The van der Waals surface area contributed by atoms with E-state index < -0.39 is 0 Å². The maximum absolute atomic E-state index is 6.22. The van der Waals surface area contributed by atoms with Crippen LogP contribution >= 0.6 is 11.6 Å². The van der Waals surface area contributed by atoms with Crippen LogP contribution in [0.3, 0.4) is 0 Å². The molecule has 1 aromatic carbocycles. The predicted octanol–water partition coefficient (Wildman–Crippen LogP) is 4.32. The Bertz CT molecular complexity index is 381. The molecule has 94 valence electrons. The van der Waals surface area contributed by atoms with Crippen molar-refractivity contribution in [1.82, 2.24) is 5.32 Å². The average Bonchev–Trinajstić information content (AvgIpc) is 2.69. The number of benzene rings is 1. The number of hydrogen-bond acceptors (Lipinski definition) is 1. The van der Waals surface area contributed by atoms with Crippen LogP contribution in [0.1, 0.15) is 43.7 Å². The van der Waals surface area contributed by atoms with Gasteiger partial charge in [0.05, 0.1) is 0 Å². The van der Waals surface area contributed by atoms with Crippen LogP contribution < -0.4 is 5.32 Å². The van der Waals surface area contributed by atoms with Gasteiger partial charge in [-0.1, -0.05) is 43.5 Å². The van der Waals surface area contributed by atoms with Gasteiger partial charge >= 0.3 is 0 Å².